The summed E-state index contributed by atoms with van der Waals surface area (Å²) in [5.41, 5.74) is 0. The molecule has 0 aromatic heterocycles. The topological polar surface area (TPSA) is 44.8 Å². The summed E-state index contributed by atoms with van der Waals surface area (Å²) in [5, 5.41) is 0. The van der Waals surface area contributed by atoms with Gasteiger partial charge in [0, 0.05) is 17.6 Å². The number of halogens is 3. The van der Waals surface area contributed by atoms with Crippen LogP contribution in [0.5, 0.6) is 0 Å². The SMILES string of the molecule is CCC(CCl)OP(=O)(OC(CC)CCl)OC(CC)CCl. The molecule has 0 bridgehead atoms. The van der Waals surface area contributed by atoms with Gasteiger partial charge in [-0.15, -0.1) is 34.8 Å². The van der Waals surface area contributed by atoms with Crippen LogP contribution in [-0.2, 0) is 18.1 Å². The minimum Gasteiger partial charge on any atom is -0.282 e. The van der Waals surface area contributed by atoms with Gasteiger partial charge < -0.3 is 0 Å². The van der Waals surface area contributed by atoms with Crippen LogP contribution in [0.15, 0.2) is 0 Å². The molecule has 3 unspecified atom stereocenters. The molecule has 0 N–H and O–H groups in total. The summed E-state index contributed by atoms with van der Waals surface area (Å²) >= 11 is 17.3. The Morgan fingerprint density at radius 2 is 1.00 bits per heavy atom. The molecular formula is C12H24Cl3O4P. The second-order valence-electron chi connectivity index (χ2n) is 4.32. The van der Waals surface area contributed by atoms with E-state index in [0.717, 1.165) is 0 Å². The molecule has 122 valence electrons. The smallest absolute Gasteiger partial charge is 0.282 e. The highest BCUT2D eigenvalue weighted by Gasteiger charge is 2.35. The van der Waals surface area contributed by atoms with Gasteiger partial charge in [-0.25, -0.2) is 4.57 Å². The molecule has 8 heteroatoms. The molecule has 0 amide bonds. The number of alkyl halides is 3. The maximum Gasteiger partial charge on any atom is 0.475 e. The van der Waals surface area contributed by atoms with Gasteiger partial charge in [-0.3, -0.25) is 13.6 Å². The van der Waals surface area contributed by atoms with Crippen LogP contribution >= 0.6 is 42.6 Å². The molecule has 0 aromatic rings. The fourth-order valence-electron chi connectivity index (χ4n) is 1.26. The molecule has 3 atom stereocenters. The first kappa shape index (κ1) is 21.0. The second kappa shape index (κ2) is 11.5. The first-order valence-corrected chi connectivity index (χ1v) is 9.87. The highest BCUT2D eigenvalue weighted by Crippen LogP contribution is 2.54. The first-order chi connectivity index (χ1) is 9.48. The molecule has 0 aromatic carbocycles. The van der Waals surface area contributed by atoms with E-state index in [1.165, 1.54) is 0 Å². The Hall–Kier alpha value is 0.980. The van der Waals surface area contributed by atoms with Gasteiger partial charge in [-0.2, -0.15) is 0 Å². The predicted octanol–water partition coefficient (Wildman–Crippen LogP) is 5.20. The van der Waals surface area contributed by atoms with Gasteiger partial charge in [0.25, 0.3) is 0 Å². The lowest BCUT2D eigenvalue weighted by molar-refractivity contribution is 0.0430. The van der Waals surface area contributed by atoms with Crippen LogP contribution in [0.4, 0.5) is 0 Å². The van der Waals surface area contributed by atoms with E-state index in [1.54, 1.807) is 0 Å². The first-order valence-electron chi connectivity index (χ1n) is 6.81. The summed E-state index contributed by atoms with van der Waals surface area (Å²) in [6, 6.07) is 0. The summed E-state index contributed by atoms with van der Waals surface area (Å²) in [6.45, 7) is 5.65. The molecule has 0 heterocycles. The molecule has 20 heavy (non-hydrogen) atoms. The fraction of sp³-hybridized carbons (Fsp3) is 1.00. The lowest BCUT2D eigenvalue weighted by atomic mass is 10.3. The normalized spacial score (nSPS) is 19.3. The van der Waals surface area contributed by atoms with Crippen LogP contribution in [0.3, 0.4) is 0 Å². The Kier molecular flexibility index (Phi) is 12.1. The molecule has 0 fully saturated rings. The largest absolute Gasteiger partial charge is 0.475 e. The Morgan fingerprint density at radius 1 is 0.750 bits per heavy atom. The number of hydrogen-bond donors (Lipinski definition) is 0. The van der Waals surface area contributed by atoms with Crippen molar-refractivity contribution in [2.24, 2.45) is 0 Å². The Balaban J connectivity index is 4.95. The summed E-state index contributed by atoms with van der Waals surface area (Å²) in [6.07, 6.45) is 0.621. The Morgan fingerprint density at radius 3 is 1.15 bits per heavy atom. The third-order valence-electron chi connectivity index (χ3n) is 2.72. The van der Waals surface area contributed by atoms with Gasteiger partial charge in [0.1, 0.15) is 0 Å². The zero-order chi connectivity index (χ0) is 15.6. The van der Waals surface area contributed by atoms with Crippen molar-refractivity contribution in [3.63, 3.8) is 0 Å². The third kappa shape index (κ3) is 7.84. The van der Waals surface area contributed by atoms with Crippen molar-refractivity contribution in [2.45, 2.75) is 58.3 Å². The molecule has 0 saturated heterocycles. The lowest BCUT2D eigenvalue weighted by Gasteiger charge is -2.27. The van der Waals surface area contributed by atoms with E-state index in [-0.39, 0.29) is 17.6 Å². The minimum atomic E-state index is -3.74. The lowest BCUT2D eigenvalue weighted by Crippen LogP contribution is -2.22. The van der Waals surface area contributed by atoms with Crippen molar-refractivity contribution in [3.8, 4) is 0 Å². The van der Waals surface area contributed by atoms with Gasteiger partial charge >= 0.3 is 7.82 Å². The summed E-state index contributed by atoms with van der Waals surface area (Å²) in [4.78, 5) is 0. The van der Waals surface area contributed by atoms with Gasteiger partial charge in [0.05, 0.1) is 18.3 Å². The van der Waals surface area contributed by atoms with Crippen LogP contribution < -0.4 is 0 Å². The van der Waals surface area contributed by atoms with Crippen LogP contribution in [0.1, 0.15) is 40.0 Å². The van der Waals surface area contributed by atoms with Gasteiger partial charge in [-0.05, 0) is 19.3 Å². The molecule has 0 aliphatic rings. The number of phosphoric ester groups is 1. The standard InChI is InChI=1S/C12H24Cl3O4P/c1-4-10(7-13)17-20(16,18-11(5-2)8-14)19-12(6-3)9-15/h10-12H,4-9H2,1-3H3. The fourth-order valence-corrected chi connectivity index (χ4v) is 4.28. The van der Waals surface area contributed by atoms with Crippen molar-refractivity contribution in [1.29, 1.82) is 0 Å². The van der Waals surface area contributed by atoms with Crippen molar-refractivity contribution < 1.29 is 18.1 Å². The summed E-state index contributed by atoms with van der Waals surface area (Å²) < 4.78 is 29.2. The average molecular weight is 370 g/mol. The van der Waals surface area contributed by atoms with E-state index < -0.39 is 26.1 Å². The zero-order valence-corrected chi connectivity index (χ0v) is 15.4. The molecule has 4 nitrogen and oxygen atoms in total. The Labute approximate surface area is 137 Å². The average Bonchev–Trinajstić information content (AvgIpc) is 2.48. The van der Waals surface area contributed by atoms with E-state index in [1.807, 2.05) is 20.8 Å². The van der Waals surface area contributed by atoms with Crippen LogP contribution in [0.25, 0.3) is 0 Å². The van der Waals surface area contributed by atoms with Crippen molar-refractivity contribution >= 4 is 42.6 Å². The monoisotopic (exact) mass is 368 g/mol. The van der Waals surface area contributed by atoms with Gasteiger partial charge in [0.15, 0.2) is 0 Å². The molecule has 0 aliphatic carbocycles. The highest BCUT2D eigenvalue weighted by atomic mass is 35.5. The van der Waals surface area contributed by atoms with Crippen LogP contribution in [0.2, 0.25) is 0 Å². The molecule has 0 rings (SSSR count). The predicted molar refractivity (Wildman–Crippen MR) is 85.3 cm³/mol. The second-order valence-corrected chi connectivity index (χ2v) is 6.77. The number of rotatable bonds is 12. The molecule has 0 aliphatic heterocycles. The van der Waals surface area contributed by atoms with Crippen molar-refractivity contribution in [2.75, 3.05) is 17.6 Å². The van der Waals surface area contributed by atoms with E-state index >= 15 is 0 Å². The summed E-state index contributed by atoms with van der Waals surface area (Å²) in [5.74, 6) is 0.633. The van der Waals surface area contributed by atoms with Crippen molar-refractivity contribution in [3.05, 3.63) is 0 Å². The van der Waals surface area contributed by atoms with Crippen molar-refractivity contribution in [1.82, 2.24) is 0 Å². The molecule has 0 radical (unpaired) electrons. The zero-order valence-electron chi connectivity index (χ0n) is 12.2. The number of hydrogen-bond acceptors (Lipinski definition) is 4. The van der Waals surface area contributed by atoms with E-state index in [4.69, 9.17) is 48.4 Å². The van der Waals surface area contributed by atoms with E-state index in [0.29, 0.717) is 19.3 Å². The summed E-state index contributed by atoms with van der Waals surface area (Å²) in [7, 11) is -3.74. The highest BCUT2D eigenvalue weighted by molar-refractivity contribution is 7.48. The van der Waals surface area contributed by atoms with E-state index in [2.05, 4.69) is 0 Å². The minimum absolute atomic E-state index is 0.211. The molecule has 0 spiro atoms. The maximum absolute atomic E-state index is 12.8. The Bertz CT molecular complexity index is 239. The third-order valence-corrected chi connectivity index (χ3v) is 5.42. The quantitative estimate of drug-likeness (QED) is 0.350. The number of phosphoric acid groups is 1. The van der Waals surface area contributed by atoms with E-state index in [9.17, 15) is 4.57 Å². The maximum atomic E-state index is 12.8. The van der Waals surface area contributed by atoms with Crippen LogP contribution in [0, 0.1) is 0 Å². The van der Waals surface area contributed by atoms with Gasteiger partial charge in [-0.1, -0.05) is 20.8 Å². The molecular weight excluding hydrogens is 345 g/mol. The van der Waals surface area contributed by atoms with Crippen LogP contribution in [-0.4, -0.2) is 36.0 Å². The molecule has 0 saturated carbocycles. The van der Waals surface area contributed by atoms with Gasteiger partial charge in [0.2, 0.25) is 0 Å².